The molecule has 4 aromatic heterocycles. The minimum Gasteiger partial charge on any atom is -0.268 e. The Hall–Kier alpha value is -3.71. The van der Waals surface area contributed by atoms with Gasteiger partial charge in [0.05, 0.1) is 17.0 Å². The SMILES string of the molecule is Cc1ccc(C2c3c(nc4ccccn4c3=O)Sc3nc4ccccn4c(=O)c32)cc1. The van der Waals surface area contributed by atoms with Crippen LogP contribution in [0.3, 0.4) is 0 Å². The van der Waals surface area contributed by atoms with E-state index in [1.807, 2.05) is 43.3 Å². The summed E-state index contributed by atoms with van der Waals surface area (Å²) in [4.78, 5) is 36.7. The van der Waals surface area contributed by atoms with E-state index in [0.29, 0.717) is 32.5 Å². The second-order valence-electron chi connectivity index (χ2n) is 7.58. The number of fused-ring (bicyclic) bond motifs is 4. The third-order valence-electron chi connectivity index (χ3n) is 5.65. The quantitative estimate of drug-likeness (QED) is 0.377. The van der Waals surface area contributed by atoms with Gasteiger partial charge in [-0.3, -0.25) is 18.4 Å². The molecule has 0 bridgehead atoms. The van der Waals surface area contributed by atoms with Gasteiger partial charge < -0.3 is 0 Å². The van der Waals surface area contributed by atoms with Gasteiger partial charge in [0, 0.05) is 12.4 Å². The monoisotopic (exact) mass is 424 g/mol. The highest BCUT2D eigenvalue weighted by Crippen LogP contribution is 2.44. The molecule has 5 aromatic rings. The Morgan fingerprint density at radius 1 is 0.742 bits per heavy atom. The maximum Gasteiger partial charge on any atom is 0.263 e. The maximum atomic E-state index is 13.6. The Morgan fingerprint density at radius 3 is 1.77 bits per heavy atom. The summed E-state index contributed by atoms with van der Waals surface area (Å²) in [5, 5.41) is 1.20. The van der Waals surface area contributed by atoms with Crippen LogP contribution in [0.1, 0.15) is 28.2 Å². The van der Waals surface area contributed by atoms with Crippen LogP contribution in [0, 0.1) is 6.92 Å². The van der Waals surface area contributed by atoms with Gasteiger partial charge in [0.15, 0.2) is 0 Å². The molecule has 6 rings (SSSR count). The smallest absolute Gasteiger partial charge is 0.263 e. The van der Waals surface area contributed by atoms with Gasteiger partial charge >= 0.3 is 0 Å². The van der Waals surface area contributed by atoms with E-state index < -0.39 is 5.92 Å². The van der Waals surface area contributed by atoms with E-state index in [1.165, 1.54) is 20.6 Å². The van der Waals surface area contributed by atoms with Gasteiger partial charge in [-0.25, -0.2) is 9.97 Å². The lowest BCUT2D eigenvalue weighted by atomic mass is 9.87. The van der Waals surface area contributed by atoms with Crippen LogP contribution in [0.2, 0.25) is 0 Å². The van der Waals surface area contributed by atoms with Crippen LogP contribution in [0.4, 0.5) is 0 Å². The van der Waals surface area contributed by atoms with E-state index in [0.717, 1.165) is 11.1 Å². The van der Waals surface area contributed by atoms with Gasteiger partial charge in [-0.05, 0) is 48.5 Å². The number of aryl methyl sites for hydroxylation is 1. The minimum absolute atomic E-state index is 0.165. The fourth-order valence-electron chi connectivity index (χ4n) is 4.14. The molecule has 0 saturated heterocycles. The van der Waals surface area contributed by atoms with E-state index in [4.69, 9.17) is 9.97 Å². The Labute approximate surface area is 180 Å². The molecule has 6 nitrogen and oxygen atoms in total. The zero-order valence-electron chi connectivity index (χ0n) is 16.5. The molecule has 0 spiro atoms. The molecule has 0 N–H and O–H groups in total. The van der Waals surface area contributed by atoms with Gasteiger partial charge in [-0.1, -0.05) is 42.0 Å². The van der Waals surface area contributed by atoms with Gasteiger partial charge in [0.2, 0.25) is 0 Å². The normalized spacial score (nSPS) is 13.3. The number of pyridine rings is 2. The number of nitrogens with zero attached hydrogens (tertiary/aromatic N) is 4. The molecule has 0 unspecified atom stereocenters. The first-order valence-electron chi connectivity index (χ1n) is 9.89. The zero-order chi connectivity index (χ0) is 21.1. The molecular weight excluding hydrogens is 408 g/mol. The molecule has 0 atom stereocenters. The molecule has 0 amide bonds. The van der Waals surface area contributed by atoms with Crippen molar-refractivity contribution in [3.8, 4) is 0 Å². The molecule has 0 aliphatic carbocycles. The highest BCUT2D eigenvalue weighted by atomic mass is 32.2. The van der Waals surface area contributed by atoms with E-state index in [-0.39, 0.29) is 11.1 Å². The molecule has 0 saturated carbocycles. The molecule has 0 fully saturated rings. The van der Waals surface area contributed by atoms with Crippen LogP contribution in [0.25, 0.3) is 11.3 Å². The fourth-order valence-corrected chi connectivity index (χ4v) is 5.23. The van der Waals surface area contributed by atoms with Crippen molar-refractivity contribution in [1.82, 2.24) is 18.8 Å². The molecule has 5 heterocycles. The second kappa shape index (κ2) is 6.65. The Bertz CT molecular complexity index is 1520. The summed E-state index contributed by atoms with van der Waals surface area (Å²) < 4.78 is 3.08. The summed E-state index contributed by atoms with van der Waals surface area (Å²) in [5.41, 5.74) is 3.82. The molecule has 1 aromatic carbocycles. The van der Waals surface area contributed by atoms with Gasteiger partial charge in [0.1, 0.15) is 21.3 Å². The molecule has 1 aliphatic heterocycles. The zero-order valence-corrected chi connectivity index (χ0v) is 17.3. The van der Waals surface area contributed by atoms with Gasteiger partial charge in [-0.2, -0.15) is 0 Å². The first-order chi connectivity index (χ1) is 15.1. The molecule has 0 radical (unpaired) electrons. The highest BCUT2D eigenvalue weighted by molar-refractivity contribution is 7.99. The number of rotatable bonds is 1. The molecule has 1 aliphatic rings. The van der Waals surface area contributed by atoms with Crippen LogP contribution in [0.5, 0.6) is 0 Å². The van der Waals surface area contributed by atoms with Crippen LogP contribution in [-0.2, 0) is 0 Å². The summed E-state index contributed by atoms with van der Waals surface area (Å²) in [6, 6.07) is 18.9. The third-order valence-corrected chi connectivity index (χ3v) is 6.66. The van der Waals surface area contributed by atoms with Gasteiger partial charge in [-0.15, -0.1) is 0 Å². The van der Waals surface area contributed by atoms with Crippen molar-refractivity contribution in [3.05, 3.63) is 116 Å². The maximum absolute atomic E-state index is 13.6. The standard InChI is InChI=1S/C24H16N4O2S/c1-14-8-10-15(11-9-14)18-19-21(25-16-6-2-4-12-27(16)23(19)29)31-22-20(18)24(30)28-13-5-3-7-17(28)26-22/h2-13,18H,1H3. The van der Waals surface area contributed by atoms with E-state index >= 15 is 0 Å². The predicted molar refractivity (Wildman–Crippen MR) is 119 cm³/mol. The fraction of sp³-hybridized carbons (Fsp3) is 0.0833. The van der Waals surface area contributed by atoms with Crippen molar-refractivity contribution in [3.63, 3.8) is 0 Å². The predicted octanol–water partition coefficient (Wildman–Crippen LogP) is 3.66. The number of hydrogen-bond donors (Lipinski definition) is 0. The minimum atomic E-state index is -0.541. The summed E-state index contributed by atoms with van der Waals surface area (Å²) in [6.07, 6.45) is 3.42. The summed E-state index contributed by atoms with van der Waals surface area (Å²) >= 11 is 1.29. The summed E-state index contributed by atoms with van der Waals surface area (Å²) in [5.74, 6) is -0.541. The number of benzene rings is 1. The van der Waals surface area contributed by atoms with Crippen molar-refractivity contribution < 1.29 is 0 Å². The van der Waals surface area contributed by atoms with Crippen molar-refractivity contribution in [2.75, 3.05) is 0 Å². The lowest BCUT2D eigenvalue weighted by Gasteiger charge is -2.26. The van der Waals surface area contributed by atoms with Crippen LogP contribution in [-0.4, -0.2) is 18.8 Å². The van der Waals surface area contributed by atoms with Crippen LogP contribution in [0.15, 0.2) is 92.7 Å². The van der Waals surface area contributed by atoms with E-state index in [9.17, 15) is 9.59 Å². The Kier molecular flexibility index (Phi) is 3.88. The Balaban J connectivity index is 1.75. The summed E-state index contributed by atoms with van der Waals surface area (Å²) in [6.45, 7) is 2.01. The van der Waals surface area contributed by atoms with Crippen molar-refractivity contribution in [2.45, 2.75) is 22.9 Å². The number of hydrogen-bond acceptors (Lipinski definition) is 5. The Morgan fingerprint density at radius 2 is 1.26 bits per heavy atom. The first-order valence-corrected chi connectivity index (χ1v) is 10.7. The first kappa shape index (κ1) is 18.1. The lowest BCUT2D eigenvalue weighted by Crippen LogP contribution is -2.32. The van der Waals surface area contributed by atoms with Crippen LogP contribution < -0.4 is 11.1 Å². The van der Waals surface area contributed by atoms with Crippen molar-refractivity contribution in [2.24, 2.45) is 0 Å². The molecule has 150 valence electrons. The molecule has 31 heavy (non-hydrogen) atoms. The topological polar surface area (TPSA) is 68.7 Å². The summed E-state index contributed by atoms with van der Waals surface area (Å²) in [7, 11) is 0. The van der Waals surface area contributed by atoms with Crippen LogP contribution >= 0.6 is 11.8 Å². The lowest BCUT2D eigenvalue weighted by molar-refractivity contribution is 0.775. The highest BCUT2D eigenvalue weighted by Gasteiger charge is 2.36. The number of aromatic nitrogens is 4. The average Bonchev–Trinajstić information content (AvgIpc) is 2.79. The average molecular weight is 424 g/mol. The van der Waals surface area contributed by atoms with E-state index in [1.54, 1.807) is 36.7 Å². The van der Waals surface area contributed by atoms with Crippen molar-refractivity contribution in [1.29, 1.82) is 0 Å². The van der Waals surface area contributed by atoms with E-state index in [2.05, 4.69) is 0 Å². The second-order valence-corrected chi connectivity index (χ2v) is 8.55. The molecule has 7 heteroatoms. The molecular formula is C24H16N4O2S. The van der Waals surface area contributed by atoms with Crippen molar-refractivity contribution >= 4 is 23.1 Å². The van der Waals surface area contributed by atoms with Gasteiger partial charge in [0.25, 0.3) is 11.1 Å². The third kappa shape index (κ3) is 2.67. The largest absolute Gasteiger partial charge is 0.268 e.